The van der Waals surface area contributed by atoms with E-state index < -0.39 is 29.3 Å². The number of amides is 3. The lowest BCUT2D eigenvalue weighted by atomic mass is 9.98. The molecule has 3 aromatic rings. The Morgan fingerprint density at radius 3 is 2.41 bits per heavy atom. The molecule has 8 nitrogen and oxygen atoms in total. The Balaban J connectivity index is 1.98. The van der Waals surface area contributed by atoms with E-state index in [1.165, 1.54) is 4.90 Å². The summed E-state index contributed by atoms with van der Waals surface area (Å²) < 4.78 is 4.96. The van der Waals surface area contributed by atoms with E-state index in [9.17, 15) is 14.4 Å². The van der Waals surface area contributed by atoms with Gasteiger partial charge in [0.15, 0.2) is 5.82 Å². The highest BCUT2D eigenvalue weighted by atomic mass is 35.5. The third kappa shape index (κ3) is 7.57. The molecule has 0 aliphatic rings. The molecule has 1 aromatic heterocycles. The summed E-state index contributed by atoms with van der Waals surface area (Å²) in [5.74, 6) is -0.476. The van der Waals surface area contributed by atoms with Crippen molar-refractivity contribution in [1.82, 2.24) is 10.5 Å². The van der Waals surface area contributed by atoms with Crippen molar-refractivity contribution < 1.29 is 18.9 Å². The lowest BCUT2D eigenvalue weighted by molar-refractivity contribution is -0.128. The standard InChI is InChI=1S/C27H30Cl2N4O4/c1-5-27(3,4)31-26(36)25(20-11-6-7-12-21(20)29)33(19-10-8-9-18(28)16-19)24(35)14-13-23(34)30-22-15-17(2)37-32-22/h6-12,15-16,25H,5,13-14H2,1-4H3,(H,31,36)(H,30,32,34)/t25-/m1/s1. The number of aryl methyl sites for hydroxylation is 1. The van der Waals surface area contributed by atoms with Gasteiger partial charge in [0.05, 0.1) is 0 Å². The molecule has 0 aliphatic heterocycles. The van der Waals surface area contributed by atoms with E-state index in [4.69, 9.17) is 27.7 Å². The molecule has 2 N–H and O–H groups in total. The number of hydrogen-bond acceptors (Lipinski definition) is 5. The number of nitrogens with one attached hydrogen (secondary N) is 2. The van der Waals surface area contributed by atoms with E-state index in [2.05, 4.69) is 15.8 Å². The van der Waals surface area contributed by atoms with Crippen molar-refractivity contribution in [2.24, 2.45) is 0 Å². The van der Waals surface area contributed by atoms with Gasteiger partial charge in [-0.3, -0.25) is 19.3 Å². The van der Waals surface area contributed by atoms with Crippen LogP contribution in [0.1, 0.15) is 57.4 Å². The van der Waals surface area contributed by atoms with E-state index in [-0.39, 0.29) is 18.7 Å². The molecule has 2 aromatic carbocycles. The van der Waals surface area contributed by atoms with Gasteiger partial charge in [0, 0.05) is 45.7 Å². The summed E-state index contributed by atoms with van der Waals surface area (Å²) >= 11 is 12.8. The fourth-order valence-electron chi connectivity index (χ4n) is 3.62. The van der Waals surface area contributed by atoms with Crippen LogP contribution in [0.5, 0.6) is 0 Å². The molecule has 0 unspecified atom stereocenters. The number of benzene rings is 2. The van der Waals surface area contributed by atoms with Crippen LogP contribution in [0.25, 0.3) is 0 Å². The zero-order chi connectivity index (χ0) is 27.2. The minimum absolute atomic E-state index is 0.140. The number of hydrogen-bond donors (Lipinski definition) is 2. The summed E-state index contributed by atoms with van der Waals surface area (Å²) in [6, 6.07) is 14.0. The predicted molar refractivity (Wildman–Crippen MR) is 145 cm³/mol. The van der Waals surface area contributed by atoms with Crippen LogP contribution in [0.4, 0.5) is 11.5 Å². The van der Waals surface area contributed by atoms with Crippen LogP contribution in [0, 0.1) is 6.92 Å². The van der Waals surface area contributed by atoms with E-state index in [0.29, 0.717) is 33.5 Å². The van der Waals surface area contributed by atoms with Gasteiger partial charge in [-0.25, -0.2) is 0 Å². The first-order chi connectivity index (χ1) is 17.5. The van der Waals surface area contributed by atoms with Gasteiger partial charge in [0.25, 0.3) is 0 Å². The van der Waals surface area contributed by atoms with E-state index in [0.717, 1.165) is 0 Å². The molecule has 1 atom stereocenters. The summed E-state index contributed by atoms with van der Waals surface area (Å²) in [6.07, 6.45) is 0.348. The SMILES string of the molecule is CCC(C)(C)NC(=O)[C@@H](c1ccccc1Cl)N(C(=O)CCC(=O)Nc1cc(C)on1)c1cccc(Cl)c1. The maximum atomic E-state index is 13.8. The van der Waals surface area contributed by atoms with Crippen LogP contribution in [-0.2, 0) is 14.4 Å². The molecule has 0 saturated carbocycles. The maximum Gasteiger partial charge on any atom is 0.248 e. The average molecular weight is 545 g/mol. The number of aromatic nitrogens is 1. The second-order valence-corrected chi connectivity index (χ2v) is 10.1. The fraction of sp³-hybridized carbons (Fsp3) is 0.333. The quantitative estimate of drug-likeness (QED) is 0.321. The number of rotatable bonds is 10. The van der Waals surface area contributed by atoms with Gasteiger partial charge in [-0.2, -0.15) is 0 Å². The van der Waals surface area contributed by atoms with Crippen LogP contribution in [-0.4, -0.2) is 28.4 Å². The number of carbonyl (C=O) groups excluding carboxylic acids is 3. The minimum atomic E-state index is -1.10. The van der Waals surface area contributed by atoms with E-state index >= 15 is 0 Å². The van der Waals surface area contributed by atoms with Crippen molar-refractivity contribution in [2.45, 2.75) is 58.5 Å². The highest BCUT2D eigenvalue weighted by Gasteiger charge is 2.36. The van der Waals surface area contributed by atoms with Crippen molar-refractivity contribution in [2.75, 3.05) is 10.2 Å². The zero-order valence-corrected chi connectivity index (χ0v) is 22.7. The van der Waals surface area contributed by atoms with Crippen molar-refractivity contribution in [3.8, 4) is 0 Å². The molecule has 0 aliphatic carbocycles. The number of carbonyl (C=O) groups is 3. The first-order valence-electron chi connectivity index (χ1n) is 11.9. The molecule has 0 saturated heterocycles. The van der Waals surface area contributed by atoms with Crippen LogP contribution in [0.15, 0.2) is 59.1 Å². The van der Waals surface area contributed by atoms with Gasteiger partial charge in [-0.15, -0.1) is 0 Å². The van der Waals surface area contributed by atoms with Gasteiger partial charge >= 0.3 is 0 Å². The highest BCUT2D eigenvalue weighted by molar-refractivity contribution is 6.32. The lowest BCUT2D eigenvalue weighted by Gasteiger charge is -2.35. The Labute approximate surface area is 226 Å². The minimum Gasteiger partial charge on any atom is -0.360 e. The second kappa shape index (κ2) is 12.3. The lowest BCUT2D eigenvalue weighted by Crippen LogP contribution is -2.50. The molecular formula is C27H30Cl2N4O4. The number of anilines is 2. The van der Waals surface area contributed by atoms with Crippen molar-refractivity contribution in [3.63, 3.8) is 0 Å². The van der Waals surface area contributed by atoms with Crippen LogP contribution < -0.4 is 15.5 Å². The number of halogens is 2. The van der Waals surface area contributed by atoms with Gasteiger partial charge in [0.2, 0.25) is 17.7 Å². The largest absolute Gasteiger partial charge is 0.360 e. The Morgan fingerprint density at radius 2 is 1.78 bits per heavy atom. The first-order valence-corrected chi connectivity index (χ1v) is 12.6. The maximum absolute atomic E-state index is 13.8. The Kier molecular flexibility index (Phi) is 9.34. The van der Waals surface area contributed by atoms with Gasteiger partial charge in [0.1, 0.15) is 11.8 Å². The highest BCUT2D eigenvalue weighted by Crippen LogP contribution is 2.34. The summed E-state index contributed by atoms with van der Waals surface area (Å²) in [5.41, 5.74) is 0.318. The first kappa shape index (κ1) is 28.2. The van der Waals surface area contributed by atoms with Gasteiger partial charge in [-0.1, -0.05) is 59.5 Å². The molecule has 10 heteroatoms. The van der Waals surface area contributed by atoms with Crippen LogP contribution in [0.3, 0.4) is 0 Å². The Hall–Kier alpha value is -3.36. The summed E-state index contributed by atoms with van der Waals surface area (Å²) in [4.78, 5) is 41.3. The molecule has 196 valence electrons. The zero-order valence-electron chi connectivity index (χ0n) is 21.2. The van der Waals surface area contributed by atoms with Gasteiger partial charge < -0.3 is 15.2 Å². The molecule has 3 rings (SSSR count). The molecular weight excluding hydrogens is 515 g/mol. The average Bonchev–Trinajstić information content (AvgIpc) is 3.25. The molecule has 0 fully saturated rings. The molecule has 0 bridgehead atoms. The third-order valence-corrected chi connectivity index (χ3v) is 6.45. The van der Waals surface area contributed by atoms with Crippen LogP contribution >= 0.6 is 23.2 Å². The van der Waals surface area contributed by atoms with Crippen molar-refractivity contribution >= 4 is 52.4 Å². The van der Waals surface area contributed by atoms with E-state index in [1.807, 2.05) is 20.8 Å². The fourth-order valence-corrected chi connectivity index (χ4v) is 4.04. The molecule has 0 spiro atoms. The number of nitrogens with zero attached hydrogens (tertiary/aromatic N) is 2. The van der Waals surface area contributed by atoms with Crippen molar-refractivity contribution in [1.29, 1.82) is 0 Å². The topological polar surface area (TPSA) is 105 Å². The normalized spacial score (nSPS) is 12.1. The summed E-state index contributed by atoms with van der Waals surface area (Å²) in [7, 11) is 0. The molecule has 1 heterocycles. The Bertz CT molecular complexity index is 1270. The van der Waals surface area contributed by atoms with Crippen LogP contribution in [0.2, 0.25) is 10.0 Å². The summed E-state index contributed by atoms with van der Waals surface area (Å²) in [6.45, 7) is 7.46. The predicted octanol–water partition coefficient (Wildman–Crippen LogP) is 6.09. The van der Waals surface area contributed by atoms with E-state index in [1.54, 1.807) is 61.5 Å². The third-order valence-electron chi connectivity index (χ3n) is 5.87. The Morgan fingerprint density at radius 1 is 1.05 bits per heavy atom. The smallest absolute Gasteiger partial charge is 0.248 e. The van der Waals surface area contributed by atoms with Crippen molar-refractivity contribution in [3.05, 3.63) is 76.0 Å². The molecule has 0 radical (unpaired) electrons. The molecule has 37 heavy (non-hydrogen) atoms. The van der Waals surface area contributed by atoms with Gasteiger partial charge in [-0.05, 0) is 51.5 Å². The molecule has 3 amide bonds. The summed E-state index contributed by atoms with van der Waals surface area (Å²) in [5, 5.41) is 10.1. The monoisotopic (exact) mass is 544 g/mol. The second-order valence-electron chi connectivity index (χ2n) is 9.27.